The Morgan fingerprint density at radius 2 is 1.75 bits per heavy atom. The molecule has 0 atom stereocenters. The van der Waals surface area contributed by atoms with E-state index in [0.29, 0.717) is 0 Å². The Bertz CT molecular complexity index is 596. The molecule has 0 unspecified atom stereocenters. The van der Waals surface area contributed by atoms with E-state index in [0.717, 1.165) is 57.3 Å². The molecular formula is C19H25N3O2. The van der Waals surface area contributed by atoms with Crippen LogP contribution in [0.4, 0.5) is 5.69 Å². The smallest absolute Gasteiger partial charge is 0.119 e. The lowest BCUT2D eigenvalue weighted by Crippen LogP contribution is -2.46. The summed E-state index contributed by atoms with van der Waals surface area (Å²) in [5.74, 6) is 1.76. The average molecular weight is 327 g/mol. The fourth-order valence-corrected chi connectivity index (χ4v) is 2.92. The fourth-order valence-electron chi connectivity index (χ4n) is 2.92. The quantitative estimate of drug-likeness (QED) is 0.731. The number of nitrogens with zero attached hydrogens (tertiary/aromatic N) is 3. The monoisotopic (exact) mass is 327 g/mol. The summed E-state index contributed by atoms with van der Waals surface area (Å²) < 4.78 is 10.9. The number of ether oxygens (including phenoxy) is 2. The predicted molar refractivity (Wildman–Crippen MR) is 96.0 cm³/mol. The van der Waals surface area contributed by atoms with Gasteiger partial charge in [-0.1, -0.05) is 0 Å². The van der Waals surface area contributed by atoms with E-state index >= 15 is 0 Å². The summed E-state index contributed by atoms with van der Waals surface area (Å²) in [5, 5.41) is 0. The van der Waals surface area contributed by atoms with Crippen LogP contribution in [-0.4, -0.2) is 56.3 Å². The summed E-state index contributed by atoms with van der Waals surface area (Å²) in [5.41, 5.74) is 1.22. The molecule has 0 radical (unpaired) electrons. The van der Waals surface area contributed by atoms with Crippen LogP contribution in [0.3, 0.4) is 0 Å². The number of aromatic nitrogens is 1. The molecule has 5 nitrogen and oxygen atoms in total. The van der Waals surface area contributed by atoms with Crippen molar-refractivity contribution in [3.63, 3.8) is 0 Å². The molecule has 1 aliphatic rings. The van der Waals surface area contributed by atoms with E-state index in [1.165, 1.54) is 5.69 Å². The molecule has 1 aromatic heterocycles. The Balaban J connectivity index is 1.33. The van der Waals surface area contributed by atoms with E-state index in [1.54, 1.807) is 7.11 Å². The molecule has 0 amide bonds. The van der Waals surface area contributed by atoms with E-state index in [1.807, 2.05) is 42.7 Å². The maximum absolute atomic E-state index is 5.79. The van der Waals surface area contributed by atoms with Gasteiger partial charge in [0.15, 0.2) is 0 Å². The Hall–Kier alpha value is -2.27. The fraction of sp³-hybridized carbons (Fsp3) is 0.421. The van der Waals surface area contributed by atoms with Crippen LogP contribution < -0.4 is 14.4 Å². The highest BCUT2D eigenvalue weighted by molar-refractivity contribution is 5.44. The van der Waals surface area contributed by atoms with Crippen LogP contribution >= 0.6 is 0 Å². The summed E-state index contributed by atoms with van der Waals surface area (Å²) in [6.07, 6.45) is 4.81. The third kappa shape index (κ3) is 4.61. The van der Waals surface area contributed by atoms with Gasteiger partial charge in [-0.15, -0.1) is 0 Å². The molecule has 0 aliphatic carbocycles. The summed E-state index contributed by atoms with van der Waals surface area (Å²) in [4.78, 5) is 9.10. The van der Waals surface area contributed by atoms with Crippen molar-refractivity contribution in [2.45, 2.75) is 6.42 Å². The van der Waals surface area contributed by atoms with Gasteiger partial charge >= 0.3 is 0 Å². The molecule has 1 saturated heterocycles. The van der Waals surface area contributed by atoms with Gasteiger partial charge in [0.25, 0.3) is 0 Å². The molecule has 128 valence electrons. The second-order valence-electron chi connectivity index (χ2n) is 5.92. The number of piperazine rings is 1. The molecule has 1 aliphatic heterocycles. The minimum absolute atomic E-state index is 0.745. The van der Waals surface area contributed by atoms with Crippen molar-refractivity contribution >= 4 is 5.69 Å². The van der Waals surface area contributed by atoms with E-state index in [-0.39, 0.29) is 0 Å². The largest absolute Gasteiger partial charge is 0.497 e. The molecule has 2 heterocycles. The van der Waals surface area contributed by atoms with Crippen LogP contribution in [0.5, 0.6) is 11.5 Å². The Morgan fingerprint density at radius 1 is 1.00 bits per heavy atom. The van der Waals surface area contributed by atoms with Crippen molar-refractivity contribution in [3.8, 4) is 11.5 Å². The summed E-state index contributed by atoms with van der Waals surface area (Å²) >= 11 is 0. The highest BCUT2D eigenvalue weighted by Crippen LogP contribution is 2.17. The lowest BCUT2D eigenvalue weighted by Gasteiger charge is -2.35. The van der Waals surface area contributed by atoms with Gasteiger partial charge in [0, 0.05) is 38.9 Å². The first kappa shape index (κ1) is 16.6. The molecule has 3 rings (SSSR count). The van der Waals surface area contributed by atoms with Gasteiger partial charge in [-0.25, -0.2) is 0 Å². The average Bonchev–Trinajstić information content (AvgIpc) is 2.67. The van der Waals surface area contributed by atoms with Crippen LogP contribution in [-0.2, 0) is 0 Å². The number of hydrogen-bond acceptors (Lipinski definition) is 5. The minimum Gasteiger partial charge on any atom is -0.497 e. The second-order valence-corrected chi connectivity index (χ2v) is 5.92. The van der Waals surface area contributed by atoms with E-state index in [9.17, 15) is 0 Å². The van der Waals surface area contributed by atoms with Crippen molar-refractivity contribution in [2.75, 3.05) is 51.3 Å². The van der Waals surface area contributed by atoms with E-state index < -0.39 is 0 Å². The molecular weight excluding hydrogens is 302 g/mol. The maximum atomic E-state index is 5.79. The Labute approximate surface area is 143 Å². The van der Waals surface area contributed by atoms with Crippen LogP contribution in [0, 0.1) is 0 Å². The SMILES string of the molecule is COc1ccc(OCCCN2CCN(c3cccnc3)CC2)cc1. The maximum Gasteiger partial charge on any atom is 0.119 e. The van der Waals surface area contributed by atoms with Gasteiger partial charge in [-0.05, 0) is 42.8 Å². The van der Waals surface area contributed by atoms with Gasteiger partial charge < -0.3 is 14.4 Å². The number of methoxy groups -OCH3 is 1. The molecule has 1 fully saturated rings. The Morgan fingerprint density at radius 3 is 2.42 bits per heavy atom. The summed E-state index contributed by atoms with van der Waals surface area (Å²) in [6.45, 7) is 6.14. The number of benzene rings is 1. The zero-order valence-electron chi connectivity index (χ0n) is 14.2. The second kappa shape index (κ2) is 8.55. The lowest BCUT2D eigenvalue weighted by atomic mass is 10.2. The van der Waals surface area contributed by atoms with Gasteiger partial charge in [0.2, 0.25) is 0 Å². The number of hydrogen-bond donors (Lipinski definition) is 0. The molecule has 0 saturated carbocycles. The Kier molecular flexibility index (Phi) is 5.90. The molecule has 2 aromatic rings. The van der Waals surface area contributed by atoms with E-state index in [2.05, 4.69) is 20.9 Å². The number of pyridine rings is 1. The normalized spacial score (nSPS) is 15.3. The van der Waals surface area contributed by atoms with Crippen molar-refractivity contribution in [3.05, 3.63) is 48.8 Å². The number of anilines is 1. The van der Waals surface area contributed by atoms with Crippen LogP contribution in [0.15, 0.2) is 48.8 Å². The third-order valence-corrected chi connectivity index (χ3v) is 4.33. The van der Waals surface area contributed by atoms with Crippen molar-refractivity contribution in [1.29, 1.82) is 0 Å². The van der Waals surface area contributed by atoms with Gasteiger partial charge in [0.1, 0.15) is 11.5 Å². The summed E-state index contributed by atoms with van der Waals surface area (Å²) in [7, 11) is 1.67. The first-order valence-electron chi connectivity index (χ1n) is 8.49. The molecule has 5 heteroatoms. The highest BCUT2D eigenvalue weighted by atomic mass is 16.5. The minimum atomic E-state index is 0.745. The zero-order valence-corrected chi connectivity index (χ0v) is 14.2. The van der Waals surface area contributed by atoms with Gasteiger partial charge in [-0.3, -0.25) is 9.88 Å². The molecule has 24 heavy (non-hydrogen) atoms. The molecule has 0 N–H and O–H groups in total. The first-order valence-corrected chi connectivity index (χ1v) is 8.49. The van der Waals surface area contributed by atoms with Crippen molar-refractivity contribution in [2.24, 2.45) is 0 Å². The third-order valence-electron chi connectivity index (χ3n) is 4.33. The standard InChI is InChI=1S/C19H25N3O2/c1-23-18-5-7-19(8-6-18)24-15-3-10-21-11-13-22(14-12-21)17-4-2-9-20-16-17/h2,4-9,16H,3,10-15H2,1H3. The molecule has 0 bridgehead atoms. The van der Waals surface area contributed by atoms with Gasteiger partial charge in [0.05, 0.1) is 25.6 Å². The highest BCUT2D eigenvalue weighted by Gasteiger charge is 2.16. The molecule has 0 spiro atoms. The lowest BCUT2D eigenvalue weighted by molar-refractivity contribution is 0.224. The van der Waals surface area contributed by atoms with Crippen molar-refractivity contribution in [1.82, 2.24) is 9.88 Å². The zero-order chi connectivity index (χ0) is 16.6. The first-order chi connectivity index (χ1) is 11.8. The summed E-state index contributed by atoms with van der Waals surface area (Å²) in [6, 6.07) is 11.9. The number of rotatable bonds is 7. The van der Waals surface area contributed by atoms with Crippen LogP contribution in [0.1, 0.15) is 6.42 Å². The molecule has 1 aromatic carbocycles. The van der Waals surface area contributed by atoms with Crippen molar-refractivity contribution < 1.29 is 9.47 Å². The predicted octanol–water partition coefficient (Wildman–Crippen LogP) is 2.68. The van der Waals surface area contributed by atoms with Crippen LogP contribution in [0.2, 0.25) is 0 Å². The topological polar surface area (TPSA) is 37.8 Å². The van der Waals surface area contributed by atoms with Gasteiger partial charge in [-0.2, -0.15) is 0 Å². The van der Waals surface area contributed by atoms with E-state index in [4.69, 9.17) is 9.47 Å². The van der Waals surface area contributed by atoms with Crippen LogP contribution in [0.25, 0.3) is 0 Å².